The standard InChI is InChI=1S/C46H84NO10P/c1-6-8-10-11-12-13-14-15-16-17-18-19-20-21-24-28-35-54-41(39-57-58(52,53)56-36-34-47(3,4)5)38-55-46(51)31-27-23-22-26-30-42-43(45(50)37-44(42)49)33-32-40(48)29-25-9-7-2/h22,26,28,32-33,35,40-43,45,48,50H,6-21,23-25,27,29-31,34,36-39H2,1-5H3/b26-22-,33-32+,35-28-/t40-,41+,42+,43+,45+/m0/s1. The van der Waals surface area contributed by atoms with Crippen LogP contribution in [0.2, 0.25) is 0 Å². The third-order valence-electron chi connectivity index (χ3n) is 10.7. The molecule has 11 nitrogen and oxygen atoms in total. The van der Waals surface area contributed by atoms with Gasteiger partial charge in [0.05, 0.1) is 46.2 Å². The van der Waals surface area contributed by atoms with Crippen molar-refractivity contribution in [1.29, 1.82) is 0 Å². The van der Waals surface area contributed by atoms with Crippen LogP contribution >= 0.6 is 7.82 Å². The lowest BCUT2D eigenvalue weighted by atomic mass is 9.90. The molecule has 1 fully saturated rings. The van der Waals surface area contributed by atoms with Crippen molar-refractivity contribution in [2.24, 2.45) is 11.8 Å². The number of ketones is 1. The number of aliphatic hydroxyl groups excluding tert-OH is 2. The van der Waals surface area contributed by atoms with Crippen molar-refractivity contribution in [2.45, 2.75) is 186 Å². The molecular formula is C46H84NO10P. The maximum atomic E-state index is 12.6. The molecule has 0 heterocycles. The van der Waals surface area contributed by atoms with Crippen LogP contribution in [0.1, 0.15) is 168 Å². The molecule has 0 saturated heterocycles. The first-order valence-corrected chi connectivity index (χ1v) is 24.3. The van der Waals surface area contributed by atoms with Gasteiger partial charge in [-0.1, -0.05) is 141 Å². The molecule has 0 aromatic heterocycles. The molecular weight excluding hydrogens is 757 g/mol. The van der Waals surface area contributed by atoms with Gasteiger partial charge in [0.15, 0.2) is 6.10 Å². The molecule has 0 amide bonds. The molecule has 0 radical (unpaired) electrons. The Morgan fingerprint density at radius 2 is 1.41 bits per heavy atom. The number of Topliss-reactive ketones (excluding diaryl/α,β-unsaturated/α-hetero) is 1. The van der Waals surface area contributed by atoms with Gasteiger partial charge in [-0.25, -0.2) is 0 Å². The summed E-state index contributed by atoms with van der Waals surface area (Å²) in [7, 11) is 1.22. The fourth-order valence-corrected chi connectivity index (χ4v) is 7.65. The summed E-state index contributed by atoms with van der Waals surface area (Å²) in [6.07, 6.45) is 33.3. The zero-order valence-corrected chi connectivity index (χ0v) is 38.1. The summed E-state index contributed by atoms with van der Waals surface area (Å²) in [5.74, 6) is -1.08. The van der Waals surface area contributed by atoms with Gasteiger partial charge in [-0.15, -0.1) is 0 Å². The average Bonchev–Trinajstić information content (AvgIpc) is 3.44. The quantitative estimate of drug-likeness (QED) is 0.0154. The molecule has 1 unspecified atom stereocenters. The number of hydrogen-bond acceptors (Lipinski definition) is 10. The van der Waals surface area contributed by atoms with Crippen LogP contribution < -0.4 is 4.89 Å². The second-order valence-electron chi connectivity index (χ2n) is 17.3. The van der Waals surface area contributed by atoms with E-state index >= 15 is 0 Å². The Morgan fingerprint density at radius 3 is 2.03 bits per heavy atom. The molecule has 1 saturated carbocycles. The molecule has 1 rings (SSSR count). The molecule has 1 aliphatic carbocycles. The van der Waals surface area contributed by atoms with Crippen molar-refractivity contribution >= 4 is 19.6 Å². The fraction of sp³-hybridized carbons (Fsp3) is 0.826. The number of aliphatic hydroxyl groups is 2. The van der Waals surface area contributed by atoms with E-state index in [1.807, 2.05) is 39.4 Å². The van der Waals surface area contributed by atoms with Gasteiger partial charge in [0, 0.05) is 24.7 Å². The van der Waals surface area contributed by atoms with Gasteiger partial charge in [0.2, 0.25) is 0 Å². The predicted octanol–water partition coefficient (Wildman–Crippen LogP) is 9.69. The third kappa shape index (κ3) is 30.2. The first kappa shape index (κ1) is 54.2. The molecule has 2 N–H and O–H groups in total. The lowest BCUT2D eigenvalue weighted by Crippen LogP contribution is -2.37. The van der Waals surface area contributed by atoms with Crippen molar-refractivity contribution in [2.75, 3.05) is 47.5 Å². The molecule has 0 aromatic rings. The summed E-state index contributed by atoms with van der Waals surface area (Å²) < 4.78 is 34.3. The molecule has 0 aromatic carbocycles. The van der Waals surface area contributed by atoms with Crippen LogP contribution in [0.25, 0.3) is 0 Å². The van der Waals surface area contributed by atoms with Gasteiger partial charge in [-0.2, -0.15) is 0 Å². The zero-order valence-electron chi connectivity index (χ0n) is 37.2. The summed E-state index contributed by atoms with van der Waals surface area (Å²) in [6, 6.07) is 0. The summed E-state index contributed by atoms with van der Waals surface area (Å²) in [5.41, 5.74) is 0. The van der Waals surface area contributed by atoms with Gasteiger partial charge in [0.25, 0.3) is 7.82 Å². The van der Waals surface area contributed by atoms with E-state index in [0.717, 1.165) is 38.5 Å². The highest BCUT2D eigenvalue weighted by molar-refractivity contribution is 7.45. The molecule has 58 heavy (non-hydrogen) atoms. The van der Waals surface area contributed by atoms with Crippen LogP contribution in [0.15, 0.2) is 36.6 Å². The van der Waals surface area contributed by atoms with Crippen molar-refractivity contribution in [3.63, 3.8) is 0 Å². The van der Waals surface area contributed by atoms with E-state index in [0.29, 0.717) is 36.7 Å². The molecule has 0 bridgehead atoms. The van der Waals surface area contributed by atoms with Gasteiger partial charge in [-0.3, -0.25) is 14.2 Å². The number of carbonyl (C=O) groups is 2. The monoisotopic (exact) mass is 842 g/mol. The summed E-state index contributed by atoms with van der Waals surface area (Å²) in [6.45, 7) is 4.31. The average molecular weight is 842 g/mol. The number of phosphoric acid groups is 1. The largest absolute Gasteiger partial charge is 0.756 e. The second-order valence-corrected chi connectivity index (χ2v) is 18.7. The maximum absolute atomic E-state index is 12.6. The van der Waals surface area contributed by atoms with Crippen LogP contribution in [-0.4, -0.2) is 92.3 Å². The Balaban J connectivity index is 2.46. The first-order valence-electron chi connectivity index (χ1n) is 22.9. The van der Waals surface area contributed by atoms with Crippen LogP contribution in [0.5, 0.6) is 0 Å². The molecule has 338 valence electrons. The van der Waals surface area contributed by atoms with E-state index in [1.54, 1.807) is 12.2 Å². The van der Waals surface area contributed by atoms with Crippen LogP contribution in [0.4, 0.5) is 0 Å². The maximum Gasteiger partial charge on any atom is 0.305 e. The van der Waals surface area contributed by atoms with Crippen molar-refractivity contribution in [3.8, 4) is 0 Å². The fourth-order valence-electron chi connectivity index (χ4n) is 6.92. The Labute approximate surface area is 353 Å². The summed E-state index contributed by atoms with van der Waals surface area (Å²) >= 11 is 0. The number of unbranched alkanes of at least 4 members (excludes halogenated alkanes) is 17. The Morgan fingerprint density at radius 1 is 0.828 bits per heavy atom. The van der Waals surface area contributed by atoms with Gasteiger partial charge in [-0.05, 0) is 44.6 Å². The number of hydrogen-bond donors (Lipinski definition) is 2. The number of carbonyl (C=O) groups excluding carboxylic acids is 2. The van der Waals surface area contributed by atoms with E-state index in [1.165, 1.54) is 83.3 Å². The van der Waals surface area contributed by atoms with E-state index in [9.17, 15) is 29.3 Å². The number of rotatable bonds is 38. The number of likely N-dealkylation sites (N-methyl/N-ethyl adjacent to an activating group) is 1. The number of quaternary nitrogens is 1. The Hall–Kier alpha value is -1.85. The highest BCUT2D eigenvalue weighted by Crippen LogP contribution is 2.38. The lowest BCUT2D eigenvalue weighted by Gasteiger charge is -2.28. The van der Waals surface area contributed by atoms with Crippen LogP contribution in [0.3, 0.4) is 0 Å². The minimum absolute atomic E-state index is 0.0157. The molecule has 0 aliphatic heterocycles. The summed E-state index contributed by atoms with van der Waals surface area (Å²) in [5, 5.41) is 20.7. The van der Waals surface area contributed by atoms with Crippen molar-refractivity contribution < 1.29 is 52.3 Å². The highest BCUT2D eigenvalue weighted by Gasteiger charge is 2.39. The van der Waals surface area contributed by atoms with Crippen molar-refractivity contribution in [3.05, 3.63) is 36.6 Å². The number of ether oxygens (including phenoxy) is 2. The van der Waals surface area contributed by atoms with E-state index < -0.39 is 32.1 Å². The topological polar surface area (TPSA) is 152 Å². The second kappa shape index (κ2) is 33.8. The normalized spacial score (nSPS) is 19.7. The number of allylic oxidation sites excluding steroid dienone is 3. The Bertz CT molecular complexity index is 1190. The van der Waals surface area contributed by atoms with E-state index in [2.05, 4.69) is 13.8 Å². The molecule has 1 aliphatic rings. The molecule has 6 atom stereocenters. The van der Waals surface area contributed by atoms with Gasteiger partial charge < -0.3 is 38.1 Å². The molecule has 12 heteroatoms. The Kier molecular flexibility index (Phi) is 31.6. The smallest absolute Gasteiger partial charge is 0.305 e. The van der Waals surface area contributed by atoms with Gasteiger partial charge >= 0.3 is 5.97 Å². The van der Waals surface area contributed by atoms with E-state index in [-0.39, 0.29) is 50.3 Å². The number of esters is 1. The SMILES string of the molecule is CCCCCCCCCCCCCCCC/C=C\O[C@H](COC(=O)CCC/C=C\C[C@H]1C(=O)C[C@@H](O)[C@@H]1/C=C/[C@@H](O)CCCCC)COP(=O)([O-])OCC[N+](C)(C)C. The van der Waals surface area contributed by atoms with Crippen molar-refractivity contribution in [1.82, 2.24) is 0 Å². The zero-order chi connectivity index (χ0) is 42.9. The highest BCUT2D eigenvalue weighted by atomic mass is 31.2. The summed E-state index contributed by atoms with van der Waals surface area (Å²) in [4.78, 5) is 37.6. The third-order valence-corrected chi connectivity index (χ3v) is 11.6. The number of phosphoric ester groups is 1. The number of nitrogens with zero attached hydrogens (tertiary/aromatic N) is 1. The van der Waals surface area contributed by atoms with Gasteiger partial charge in [0.1, 0.15) is 25.5 Å². The predicted molar refractivity (Wildman–Crippen MR) is 232 cm³/mol. The molecule has 0 spiro atoms. The first-order chi connectivity index (χ1) is 27.8. The minimum atomic E-state index is -4.58. The van der Waals surface area contributed by atoms with Crippen LogP contribution in [-0.2, 0) is 32.7 Å². The minimum Gasteiger partial charge on any atom is -0.756 e. The lowest BCUT2D eigenvalue weighted by molar-refractivity contribution is -0.870. The van der Waals surface area contributed by atoms with E-state index in [4.69, 9.17) is 18.5 Å². The van der Waals surface area contributed by atoms with Crippen LogP contribution in [0, 0.1) is 11.8 Å².